The van der Waals surface area contributed by atoms with Gasteiger partial charge in [0.05, 0.1) is 0 Å². The van der Waals surface area contributed by atoms with E-state index in [2.05, 4.69) is 87.0 Å². The van der Waals surface area contributed by atoms with Crippen LogP contribution < -0.4 is 24.8 Å². The average Bonchev–Trinajstić information content (AvgIpc) is 2.84. The predicted octanol–water partition coefficient (Wildman–Crippen LogP) is 0.0265. The molecule has 0 spiro atoms. The van der Waals surface area contributed by atoms with Crippen LogP contribution >= 0.6 is 0 Å². The third-order valence-electron chi connectivity index (χ3n) is 5.90. The van der Waals surface area contributed by atoms with Gasteiger partial charge in [-0.3, -0.25) is 0 Å². The predicted molar refractivity (Wildman–Crippen MR) is 99.3 cm³/mol. The van der Waals surface area contributed by atoms with Gasteiger partial charge < -0.3 is 24.8 Å². The Balaban J connectivity index is 0. The molecule has 0 amide bonds. The number of allylic oxidation sites excluding steroid dienone is 4. The van der Waals surface area contributed by atoms with E-state index >= 15 is 0 Å². The summed E-state index contributed by atoms with van der Waals surface area (Å²) in [5, 5.41) is 0. The van der Waals surface area contributed by atoms with Crippen LogP contribution in [0.1, 0.15) is 67.2 Å². The van der Waals surface area contributed by atoms with E-state index in [1.807, 2.05) is 0 Å². The zero-order chi connectivity index (χ0) is 17.8. The molecule has 1 aliphatic rings. The first-order chi connectivity index (χ1) is 10.7. The summed E-state index contributed by atoms with van der Waals surface area (Å²) in [5.74, 6) is 2.05. The molecule has 1 aliphatic carbocycles. The average molecular weight is 423 g/mol. The van der Waals surface area contributed by atoms with Gasteiger partial charge in [0.2, 0.25) is 0 Å². The van der Waals surface area contributed by atoms with E-state index in [4.69, 9.17) is 0 Å². The van der Waals surface area contributed by atoms with Gasteiger partial charge in [0.1, 0.15) is 0 Å². The van der Waals surface area contributed by atoms with Gasteiger partial charge in [-0.1, -0.05) is 0 Å². The molecule has 0 aromatic rings. The van der Waals surface area contributed by atoms with Crippen LogP contribution in [0.15, 0.2) is 22.8 Å². The molecule has 1 nitrogen and oxygen atoms in total. The van der Waals surface area contributed by atoms with E-state index in [0.29, 0.717) is 17.8 Å². The largest absolute Gasteiger partial charge is 1.00 e. The zero-order valence-corrected chi connectivity index (χ0v) is 20.6. The van der Waals surface area contributed by atoms with Crippen LogP contribution in [0.3, 0.4) is 0 Å². The molecular weight excluding hydrogens is 385 g/mol. The molecule has 4 unspecified atom stereocenters. The number of nitrogens with zero attached hydrogens (tertiary/aromatic N) is 1. The molecule has 0 radical (unpaired) electrons. The first-order valence-electron chi connectivity index (χ1n) is 9.59. The maximum atomic E-state index is 2.61. The van der Waals surface area contributed by atoms with Crippen molar-refractivity contribution in [2.75, 3.05) is 20.6 Å². The van der Waals surface area contributed by atoms with Crippen molar-refractivity contribution in [2.45, 2.75) is 70.9 Å². The van der Waals surface area contributed by atoms with E-state index in [0.717, 1.165) is 6.54 Å². The van der Waals surface area contributed by atoms with Crippen LogP contribution in [0.25, 0.3) is 0 Å². The summed E-state index contributed by atoms with van der Waals surface area (Å²) in [6, 6.07) is 0. The minimum absolute atomic E-state index is 0. The van der Waals surface area contributed by atoms with E-state index in [1.54, 1.807) is 16.7 Å². The zero-order valence-electron chi connectivity index (χ0n) is 17.5. The van der Waals surface area contributed by atoms with Crippen molar-refractivity contribution in [3.05, 3.63) is 22.8 Å². The van der Waals surface area contributed by atoms with Crippen LogP contribution in [0.2, 0.25) is 3.72 Å². The van der Waals surface area contributed by atoms with Crippen LogP contribution in [0.5, 0.6) is 0 Å². The molecule has 0 aromatic carbocycles. The standard InChI is InChI=1S/C21H38N.2ClH.Ti/c1-9-15(4)19-14-20(16(5)10-2)21(17(6)11-3)18(19)12-13-22(7)8;;;/h14-17H,9-13H2,1-8H3;2*1H;/q;;;+2/p-2. The summed E-state index contributed by atoms with van der Waals surface area (Å²) in [5.41, 5.74) is 5.12. The maximum absolute atomic E-state index is 2.61. The molecule has 4 heteroatoms. The number of hydrogen-bond acceptors (Lipinski definition) is 1. The Morgan fingerprint density at radius 2 is 1.40 bits per heavy atom. The van der Waals surface area contributed by atoms with E-state index in [9.17, 15) is 0 Å². The Hall–Kier alpha value is 0.734. The molecule has 0 saturated heterocycles. The van der Waals surface area contributed by atoms with Gasteiger partial charge in [-0.05, 0) is 0 Å². The second-order valence-corrected chi connectivity index (χ2v) is 9.19. The van der Waals surface area contributed by atoms with Crippen molar-refractivity contribution < 1.29 is 45.2 Å². The van der Waals surface area contributed by atoms with E-state index < -0.39 is 0 Å². The topological polar surface area (TPSA) is 3.24 Å². The van der Waals surface area contributed by atoms with Crippen molar-refractivity contribution in [3.8, 4) is 0 Å². The fourth-order valence-electron chi connectivity index (χ4n) is 3.76. The SMILES string of the molecule is CCC(C)C1=CC(C(C)CC)=C(C(C)CC)[C]1([Ti+2])CCN(C)C.[Cl-].[Cl-]. The molecule has 0 N–H and O–H groups in total. The summed E-state index contributed by atoms with van der Waals surface area (Å²) in [6.45, 7) is 15.5. The van der Waals surface area contributed by atoms with Gasteiger partial charge in [0.15, 0.2) is 0 Å². The maximum Gasteiger partial charge on any atom is -1.00 e. The molecule has 0 saturated carbocycles. The second kappa shape index (κ2) is 12.2. The minimum Gasteiger partial charge on any atom is -1.00 e. The first kappa shape index (κ1) is 27.9. The second-order valence-electron chi connectivity index (χ2n) is 7.86. The summed E-state index contributed by atoms with van der Waals surface area (Å²) < 4.78 is 0.258. The van der Waals surface area contributed by atoms with Crippen molar-refractivity contribution in [1.82, 2.24) is 4.90 Å². The van der Waals surface area contributed by atoms with Crippen molar-refractivity contribution in [2.24, 2.45) is 17.8 Å². The summed E-state index contributed by atoms with van der Waals surface area (Å²) in [6.07, 6.45) is 7.58. The fourth-order valence-corrected chi connectivity index (χ4v) is 5.04. The van der Waals surface area contributed by atoms with Crippen molar-refractivity contribution >= 4 is 0 Å². The van der Waals surface area contributed by atoms with Crippen LogP contribution in [-0.2, 0) is 20.4 Å². The molecule has 0 aliphatic heterocycles. The van der Waals surface area contributed by atoms with Gasteiger partial charge in [-0.2, -0.15) is 0 Å². The number of hydrogen-bond donors (Lipinski definition) is 0. The van der Waals surface area contributed by atoms with Gasteiger partial charge in [-0.25, -0.2) is 0 Å². The van der Waals surface area contributed by atoms with E-state index in [-0.39, 0.29) is 28.5 Å². The van der Waals surface area contributed by atoms with Crippen molar-refractivity contribution in [3.63, 3.8) is 0 Å². The van der Waals surface area contributed by atoms with Crippen LogP contribution in [0, 0.1) is 17.8 Å². The quantitative estimate of drug-likeness (QED) is 0.473. The summed E-state index contributed by atoms with van der Waals surface area (Å²) >= 11 is 2.53. The molecule has 0 bridgehead atoms. The molecule has 145 valence electrons. The summed E-state index contributed by atoms with van der Waals surface area (Å²) in [4.78, 5) is 2.34. The smallest absolute Gasteiger partial charge is 1.00 e. The minimum atomic E-state index is 0. The van der Waals surface area contributed by atoms with Crippen molar-refractivity contribution in [1.29, 1.82) is 0 Å². The van der Waals surface area contributed by atoms with Gasteiger partial charge in [0, 0.05) is 0 Å². The third kappa shape index (κ3) is 6.39. The van der Waals surface area contributed by atoms with Gasteiger partial charge >= 0.3 is 157 Å². The fraction of sp³-hybridized carbons (Fsp3) is 0.810. The molecule has 0 aromatic heterocycles. The first-order valence-corrected chi connectivity index (χ1v) is 10.4. The van der Waals surface area contributed by atoms with Gasteiger partial charge in [0.25, 0.3) is 0 Å². The van der Waals surface area contributed by atoms with Gasteiger partial charge in [-0.15, -0.1) is 0 Å². The summed E-state index contributed by atoms with van der Waals surface area (Å²) in [7, 11) is 4.40. The van der Waals surface area contributed by atoms with E-state index in [1.165, 1.54) is 25.7 Å². The Kier molecular flexibility index (Phi) is 13.7. The number of halogens is 2. The monoisotopic (exact) mass is 422 g/mol. The van der Waals surface area contributed by atoms with Crippen LogP contribution in [0.4, 0.5) is 0 Å². The normalized spacial score (nSPS) is 23.7. The van der Waals surface area contributed by atoms with Crippen LogP contribution in [-0.4, -0.2) is 25.5 Å². The molecule has 25 heavy (non-hydrogen) atoms. The Morgan fingerprint density at radius 1 is 0.920 bits per heavy atom. The molecule has 0 heterocycles. The molecule has 4 atom stereocenters. The molecular formula is C21H38Cl2NTi. The Morgan fingerprint density at radius 3 is 1.80 bits per heavy atom. The molecule has 1 rings (SSSR count). The third-order valence-corrected chi connectivity index (χ3v) is 7.16. The Bertz CT molecular complexity index is 459. The molecule has 0 fully saturated rings. The Labute approximate surface area is 181 Å². The number of rotatable bonds is 9.